The highest BCUT2D eigenvalue weighted by molar-refractivity contribution is 7.10. The minimum atomic E-state index is -0.165. The van der Waals surface area contributed by atoms with Crippen LogP contribution < -0.4 is 0 Å². The van der Waals surface area contributed by atoms with Crippen molar-refractivity contribution in [2.75, 3.05) is 13.7 Å². The lowest BCUT2D eigenvalue weighted by atomic mass is 9.87. The minimum absolute atomic E-state index is 0.00993. The molecule has 1 aromatic rings. The Labute approximate surface area is 119 Å². The van der Waals surface area contributed by atoms with Gasteiger partial charge in [0.1, 0.15) is 6.61 Å². The lowest BCUT2D eigenvalue weighted by molar-refractivity contribution is 0.0630. The molecule has 1 unspecified atom stereocenters. The second-order valence-electron chi connectivity index (χ2n) is 5.62. The molecule has 1 atom stereocenters. The maximum atomic E-state index is 12.4. The maximum absolute atomic E-state index is 12.4. The highest BCUT2D eigenvalue weighted by atomic mass is 32.1. The molecule has 1 rings (SSSR count). The molecule has 0 spiro atoms. The molecule has 0 bridgehead atoms. The molecule has 1 aromatic heterocycles. The van der Waals surface area contributed by atoms with Gasteiger partial charge in [-0.15, -0.1) is 11.3 Å². The Morgan fingerprint density at radius 3 is 2.68 bits per heavy atom. The predicted molar refractivity (Wildman–Crippen MR) is 79.3 cm³/mol. The summed E-state index contributed by atoms with van der Waals surface area (Å²) in [4.78, 5) is 14.9. The molecule has 0 aliphatic heterocycles. The molecule has 1 N–H and O–H groups in total. The largest absolute Gasteiger partial charge is 0.384 e. The van der Waals surface area contributed by atoms with Crippen molar-refractivity contribution in [3.05, 3.63) is 21.9 Å². The van der Waals surface area contributed by atoms with Crippen LogP contribution in [0.25, 0.3) is 0 Å². The first-order valence-electron chi connectivity index (χ1n) is 6.22. The van der Waals surface area contributed by atoms with E-state index in [1.54, 1.807) is 11.0 Å². The molecule has 0 saturated carbocycles. The lowest BCUT2D eigenvalue weighted by Gasteiger charge is -2.35. The number of aliphatic hydroxyl groups excluding tert-OH is 1. The van der Waals surface area contributed by atoms with Crippen LogP contribution in [-0.4, -0.2) is 35.6 Å². The molecule has 1 amide bonds. The smallest absolute Gasteiger partial charge is 0.254 e. The number of nitrogens with zero attached hydrogens (tertiary/aromatic N) is 1. The number of hydrogen-bond acceptors (Lipinski definition) is 3. The third-order valence-corrected chi connectivity index (χ3v) is 4.14. The van der Waals surface area contributed by atoms with Gasteiger partial charge in [-0.3, -0.25) is 4.79 Å². The van der Waals surface area contributed by atoms with Crippen molar-refractivity contribution >= 4 is 17.2 Å². The van der Waals surface area contributed by atoms with E-state index >= 15 is 0 Å². The van der Waals surface area contributed by atoms with Crippen molar-refractivity contribution in [3.63, 3.8) is 0 Å². The van der Waals surface area contributed by atoms with Crippen LogP contribution in [0.5, 0.6) is 0 Å². The highest BCUT2D eigenvalue weighted by Crippen LogP contribution is 2.25. The molecule has 0 fully saturated rings. The quantitative estimate of drug-likeness (QED) is 0.845. The summed E-state index contributed by atoms with van der Waals surface area (Å²) >= 11 is 1.42. The topological polar surface area (TPSA) is 40.5 Å². The van der Waals surface area contributed by atoms with E-state index in [1.165, 1.54) is 11.3 Å². The number of aliphatic hydroxyl groups is 1. The van der Waals surface area contributed by atoms with Gasteiger partial charge in [-0.05, 0) is 18.4 Å². The zero-order chi connectivity index (χ0) is 14.6. The summed E-state index contributed by atoms with van der Waals surface area (Å²) in [5, 5.41) is 10.5. The monoisotopic (exact) mass is 279 g/mol. The summed E-state index contributed by atoms with van der Waals surface area (Å²) in [5.41, 5.74) is 0.700. The van der Waals surface area contributed by atoms with E-state index in [1.807, 2.05) is 12.4 Å². The molecular weight excluding hydrogens is 258 g/mol. The normalized spacial score (nSPS) is 12.5. The molecule has 104 valence electrons. The van der Waals surface area contributed by atoms with E-state index in [0.717, 1.165) is 4.88 Å². The number of rotatable bonds is 2. The SMILES string of the molecule is CC(N(C)C(=O)c1csc(C#CCO)c1)C(C)(C)C. The van der Waals surface area contributed by atoms with E-state index in [-0.39, 0.29) is 24.0 Å². The van der Waals surface area contributed by atoms with Crippen LogP contribution in [0.2, 0.25) is 0 Å². The van der Waals surface area contributed by atoms with Gasteiger partial charge < -0.3 is 10.0 Å². The summed E-state index contributed by atoms with van der Waals surface area (Å²) in [5.74, 6) is 5.41. The van der Waals surface area contributed by atoms with Crippen LogP contribution in [0.4, 0.5) is 0 Å². The molecule has 0 saturated heterocycles. The third kappa shape index (κ3) is 4.09. The van der Waals surface area contributed by atoms with Gasteiger partial charge in [0.25, 0.3) is 5.91 Å². The Morgan fingerprint density at radius 2 is 2.16 bits per heavy atom. The predicted octanol–water partition coefficient (Wildman–Crippen LogP) is 2.60. The fourth-order valence-corrected chi connectivity index (χ4v) is 2.35. The summed E-state index contributed by atoms with van der Waals surface area (Å²) in [7, 11) is 1.83. The Balaban J connectivity index is 2.86. The molecule has 0 radical (unpaired) electrons. The van der Waals surface area contributed by atoms with Gasteiger partial charge in [-0.1, -0.05) is 32.6 Å². The van der Waals surface area contributed by atoms with Gasteiger partial charge >= 0.3 is 0 Å². The molecule has 0 aliphatic carbocycles. The standard InChI is InChI=1S/C15H21NO2S/c1-11(15(2,3)4)16(5)14(18)12-9-13(19-10-12)7-6-8-17/h9-11,17H,8H2,1-5H3. The molecule has 0 aliphatic rings. The lowest BCUT2D eigenvalue weighted by Crippen LogP contribution is -2.42. The average molecular weight is 279 g/mol. The van der Waals surface area contributed by atoms with E-state index in [2.05, 4.69) is 39.5 Å². The van der Waals surface area contributed by atoms with Gasteiger partial charge in [0.05, 0.1) is 10.4 Å². The second-order valence-corrected chi connectivity index (χ2v) is 6.53. The number of hydrogen-bond donors (Lipinski definition) is 1. The van der Waals surface area contributed by atoms with Gasteiger partial charge in [0, 0.05) is 18.5 Å². The Kier molecular flexibility index (Phi) is 5.16. The van der Waals surface area contributed by atoms with Crippen LogP contribution in [0.3, 0.4) is 0 Å². The first kappa shape index (κ1) is 15.7. The summed E-state index contributed by atoms with van der Waals surface area (Å²) in [6.45, 7) is 8.24. The maximum Gasteiger partial charge on any atom is 0.254 e. The highest BCUT2D eigenvalue weighted by Gasteiger charge is 2.27. The van der Waals surface area contributed by atoms with Crippen molar-refractivity contribution in [3.8, 4) is 11.8 Å². The van der Waals surface area contributed by atoms with E-state index < -0.39 is 0 Å². The molecule has 3 nitrogen and oxygen atoms in total. The van der Waals surface area contributed by atoms with Gasteiger partial charge in [-0.2, -0.15) is 0 Å². The molecule has 1 heterocycles. The fourth-order valence-electron chi connectivity index (χ4n) is 1.60. The Bertz CT molecular complexity index is 502. The second kappa shape index (κ2) is 6.23. The average Bonchev–Trinajstić information content (AvgIpc) is 2.81. The molecule has 19 heavy (non-hydrogen) atoms. The first-order chi connectivity index (χ1) is 8.77. The van der Waals surface area contributed by atoms with Crippen molar-refractivity contribution in [1.82, 2.24) is 4.90 Å². The fraction of sp³-hybridized carbons (Fsp3) is 0.533. The number of carbonyl (C=O) groups is 1. The van der Waals surface area contributed by atoms with E-state index in [4.69, 9.17) is 5.11 Å². The zero-order valence-corrected chi connectivity index (χ0v) is 13.0. The number of carbonyl (C=O) groups excluding carboxylic acids is 1. The molecule has 4 heteroatoms. The molecular formula is C15H21NO2S. The summed E-state index contributed by atoms with van der Waals surface area (Å²) < 4.78 is 0. The van der Waals surface area contributed by atoms with Crippen LogP contribution in [0.15, 0.2) is 11.4 Å². The van der Waals surface area contributed by atoms with Gasteiger partial charge in [-0.25, -0.2) is 0 Å². The van der Waals surface area contributed by atoms with Crippen LogP contribution in [0.1, 0.15) is 42.9 Å². The first-order valence-corrected chi connectivity index (χ1v) is 7.10. The van der Waals surface area contributed by atoms with Crippen molar-refractivity contribution < 1.29 is 9.90 Å². The summed E-state index contributed by atoms with van der Waals surface area (Å²) in [6.07, 6.45) is 0. The van der Waals surface area contributed by atoms with Crippen LogP contribution in [0, 0.1) is 17.3 Å². The van der Waals surface area contributed by atoms with E-state index in [9.17, 15) is 4.79 Å². The van der Waals surface area contributed by atoms with E-state index in [0.29, 0.717) is 5.56 Å². The van der Waals surface area contributed by atoms with Crippen molar-refractivity contribution in [1.29, 1.82) is 0 Å². The zero-order valence-electron chi connectivity index (χ0n) is 12.2. The van der Waals surface area contributed by atoms with Crippen LogP contribution >= 0.6 is 11.3 Å². The van der Waals surface area contributed by atoms with Crippen molar-refractivity contribution in [2.24, 2.45) is 5.41 Å². The molecule has 0 aromatic carbocycles. The van der Waals surface area contributed by atoms with Gasteiger partial charge in [0.2, 0.25) is 0 Å². The third-order valence-electron chi connectivity index (χ3n) is 3.29. The van der Waals surface area contributed by atoms with Gasteiger partial charge in [0.15, 0.2) is 0 Å². The Hall–Kier alpha value is -1.31. The summed E-state index contributed by atoms with van der Waals surface area (Å²) in [6, 6.07) is 1.92. The number of amides is 1. The Morgan fingerprint density at radius 1 is 1.53 bits per heavy atom. The minimum Gasteiger partial charge on any atom is -0.384 e. The number of thiophene rings is 1. The van der Waals surface area contributed by atoms with Crippen molar-refractivity contribution in [2.45, 2.75) is 33.7 Å². The van der Waals surface area contributed by atoms with Crippen LogP contribution in [-0.2, 0) is 0 Å².